The van der Waals surface area contributed by atoms with Crippen molar-refractivity contribution in [2.75, 3.05) is 12.0 Å². The molecule has 0 fully saturated rings. The molecule has 0 saturated carbocycles. The Kier molecular flexibility index (Phi) is 6.07. The van der Waals surface area contributed by atoms with Crippen molar-refractivity contribution in [1.82, 2.24) is 5.32 Å². The van der Waals surface area contributed by atoms with Gasteiger partial charge in [-0.2, -0.15) is 0 Å². The van der Waals surface area contributed by atoms with Crippen LogP contribution in [0.1, 0.15) is 18.9 Å². The Labute approximate surface area is 168 Å². The number of rotatable bonds is 5. The van der Waals surface area contributed by atoms with Gasteiger partial charge in [0.25, 0.3) is 0 Å². The summed E-state index contributed by atoms with van der Waals surface area (Å²) < 4.78 is 18.1. The van der Waals surface area contributed by atoms with Crippen LogP contribution < -0.4 is 10.2 Å². The zero-order valence-electron chi connectivity index (χ0n) is 16.1. The topological polar surface area (TPSA) is 75.7 Å². The summed E-state index contributed by atoms with van der Waals surface area (Å²) in [7, 11) is 1.22. The molecule has 1 atom stereocenters. The van der Waals surface area contributed by atoms with Gasteiger partial charge in [0, 0.05) is 24.4 Å². The van der Waals surface area contributed by atoms with Gasteiger partial charge >= 0.3 is 5.97 Å². The summed E-state index contributed by atoms with van der Waals surface area (Å²) in [6.07, 6.45) is -0.195. The lowest BCUT2D eigenvalue weighted by molar-refractivity contribution is -0.139. The first-order valence-electron chi connectivity index (χ1n) is 9.11. The Morgan fingerprint density at radius 3 is 2.41 bits per heavy atom. The lowest BCUT2D eigenvalue weighted by Gasteiger charge is -2.33. The Morgan fingerprint density at radius 1 is 1.14 bits per heavy atom. The van der Waals surface area contributed by atoms with Crippen LogP contribution >= 0.6 is 0 Å². The molecule has 1 N–H and O–H groups in total. The first kappa shape index (κ1) is 20.3. The summed E-state index contributed by atoms with van der Waals surface area (Å²) in [5.74, 6) is -2.87. The summed E-state index contributed by atoms with van der Waals surface area (Å²) in [5, 5.41) is 2.78. The number of benzene rings is 2. The third-order valence-corrected chi connectivity index (χ3v) is 4.82. The van der Waals surface area contributed by atoms with Crippen LogP contribution in [0.4, 0.5) is 10.1 Å². The van der Waals surface area contributed by atoms with E-state index in [2.05, 4.69) is 5.32 Å². The Morgan fingerprint density at radius 2 is 1.79 bits per heavy atom. The Balaban J connectivity index is 1.91. The molecule has 0 saturated heterocycles. The first-order chi connectivity index (χ1) is 13.9. The number of hydrogen-bond donors (Lipinski definition) is 1. The average Bonchev–Trinajstić information content (AvgIpc) is 2.73. The van der Waals surface area contributed by atoms with Crippen molar-refractivity contribution in [3.8, 4) is 0 Å². The van der Waals surface area contributed by atoms with Gasteiger partial charge in [0.05, 0.1) is 18.6 Å². The quantitative estimate of drug-likeness (QED) is 0.789. The molecule has 29 heavy (non-hydrogen) atoms. The van der Waals surface area contributed by atoms with Crippen LogP contribution in [0.3, 0.4) is 0 Å². The lowest BCUT2D eigenvalue weighted by atomic mass is 9.88. The zero-order valence-corrected chi connectivity index (χ0v) is 16.1. The third-order valence-electron chi connectivity index (χ3n) is 4.82. The lowest BCUT2D eigenvalue weighted by Crippen LogP contribution is -2.44. The van der Waals surface area contributed by atoms with Crippen LogP contribution in [-0.2, 0) is 25.7 Å². The molecule has 0 bridgehead atoms. The molecule has 1 aliphatic rings. The molecule has 1 heterocycles. The second-order valence-electron chi connectivity index (χ2n) is 6.66. The Bertz CT molecular complexity index is 955. The highest BCUT2D eigenvalue weighted by molar-refractivity contribution is 6.08. The van der Waals surface area contributed by atoms with E-state index in [1.165, 1.54) is 36.3 Å². The molecule has 0 aliphatic carbocycles. The molecular formula is C22H21FN2O4. The van der Waals surface area contributed by atoms with Gasteiger partial charge in [-0.25, -0.2) is 9.18 Å². The van der Waals surface area contributed by atoms with Gasteiger partial charge in [0.2, 0.25) is 11.8 Å². The van der Waals surface area contributed by atoms with E-state index >= 15 is 0 Å². The minimum absolute atomic E-state index is 0.113. The normalized spacial score (nSPS) is 16.6. The summed E-state index contributed by atoms with van der Waals surface area (Å²) >= 11 is 0. The molecule has 2 aromatic rings. The smallest absolute Gasteiger partial charge is 0.336 e. The number of anilines is 1. The standard InChI is InChI=1S/C22H21FN2O4/c1-14-20(22(28)29-2)18(21(27)24-13-15-6-4-3-5-7-15)12-19(26)25(14)17-10-8-16(23)9-11-17/h3-11,18H,12-13H2,1-2H3,(H,24,27)/t18-/m1/s1. The number of ether oxygens (including phenoxy) is 1. The summed E-state index contributed by atoms with van der Waals surface area (Å²) in [6.45, 7) is 1.85. The van der Waals surface area contributed by atoms with E-state index in [0.29, 0.717) is 11.4 Å². The molecule has 0 spiro atoms. The van der Waals surface area contributed by atoms with Crippen molar-refractivity contribution in [3.63, 3.8) is 0 Å². The van der Waals surface area contributed by atoms with Crippen molar-refractivity contribution >= 4 is 23.5 Å². The van der Waals surface area contributed by atoms with Crippen LogP contribution in [0.15, 0.2) is 65.9 Å². The fourth-order valence-electron chi connectivity index (χ4n) is 3.39. The number of carbonyl (C=O) groups excluding carboxylic acids is 3. The van der Waals surface area contributed by atoms with Gasteiger partial charge in [-0.15, -0.1) is 0 Å². The van der Waals surface area contributed by atoms with E-state index in [1.807, 2.05) is 30.3 Å². The molecule has 150 valence electrons. The number of carbonyl (C=O) groups is 3. The minimum atomic E-state index is -0.963. The second kappa shape index (κ2) is 8.68. The Hall–Kier alpha value is -3.48. The van der Waals surface area contributed by atoms with Crippen molar-refractivity contribution < 1.29 is 23.5 Å². The predicted molar refractivity (Wildman–Crippen MR) is 105 cm³/mol. The maximum absolute atomic E-state index is 13.3. The van der Waals surface area contributed by atoms with E-state index in [1.54, 1.807) is 6.92 Å². The number of halogens is 1. The van der Waals surface area contributed by atoms with Gasteiger partial charge < -0.3 is 10.1 Å². The van der Waals surface area contributed by atoms with E-state index in [0.717, 1.165) is 5.56 Å². The highest BCUT2D eigenvalue weighted by Crippen LogP contribution is 2.33. The van der Waals surface area contributed by atoms with Gasteiger partial charge in [-0.3, -0.25) is 14.5 Å². The molecule has 7 heteroatoms. The van der Waals surface area contributed by atoms with Crippen LogP contribution in [0.5, 0.6) is 0 Å². The van der Waals surface area contributed by atoms with Crippen LogP contribution in [-0.4, -0.2) is 24.9 Å². The predicted octanol–water partition coefficient (Wildman–Crippen LogP) is 2.94. The largest absolute Gasteiger partial charge is 0.466 e. The van der Waals surface area contributed by atoms with Crippen LogP contribution in [0.25, 0.3) is 0 Å². The van der Waals surface area contributed by atoms with Crippen LogP contribution in [0.2, 0.25) is 0 Å². The molecule has 6 nitrogen and oxygen atoms in total. The number of allylic oxidation sites excluding steroid dienone is 1. The summed E-state index contributed by atoms with van der Waals surface area (Å²) in [4.78, 5) is 39.4. The fourth-order valence-corrected chi connectivity index (χ4v) is 3.39. The number of hydrogen-bond acceptors (Lipinski definition) is 4. The summed E-state index contributed by atoms with van der Waals surface area (Å²) in [6, 6.07) is 14.7. The van der Waals surface area contributed by atoms with Gasteiger partial charge in [0.1, 0.15) is 5.82 Å². The van der Waals surface area contributed by atoms with Gasteiger partial charge in [-0.05, 0) is 36.8 Å². The van der Waals surface area contributed by atoms with Crippen molar-refractivity contribution in [2.24, 2.45) is 5.92 Å². The molecule has 0 aromatic heterocycles. The zero-order chi connectivity index (χ0) is 21.0. The second-order valence-corrected chi connectivity index (χ2v) is 6.66. The molecular weight excluding hydrogens is 375 g/mol. The van der Waals surface area contributed by atoms with Gasteiger partial charge in [-0.1, -0.05) is 30.3 Å². The maximum Gasteiger partial charge on any atom is 0.336 e. The number of methoxy groups -OCH3 is 1. The number of nitrogens with one attached hydrogen (secondary N) is 1. The third kappa shape index (κ3) is 4.34. The highest BCUT2D eigenvalue weighted by atomic mass is 19.1. The van der Waals surface area contributed by atoms with Crippen molar-refractivity contribution in [1.29, 1.82) is 0 Å². The van der Waals surface area contributed by atoms with Gasteiger partial charge in [0.15, 0.2) is 0 Å². The SMILES string of the molecule is COC(=O)C1=C(C)N(c2ccc(F)cc2)C(=O)C[C@H]1C(=O)NCc1ccccc1. The molecule has 2 amide bonds. The molecule has 1 aliphatic heterocycles. The minimum Gasteiger partial charge on any atom is -0.466 e. The fraction of sp³-hybridized carbons (Fsp3) is 0.227. The van der Waals surface area contributed by atoms with E-state index < -0.39 is 23.6 Å². The number of nitrogens with zero attached hydrogens (tertiary/aromatic N) is 1. The van der Waals surface area contributed by atoms with E-state index in [-0.39, 0.29) is 24.4 Å². The highest BCUT2D eigenvalue weighted by Gasteiger charge is 2.40. The van der Waals surface area contributed by atoms with E-state index in [4.69, 9.17) is 4.74 Å². The molecule has 0 unspecified atom stereocenters. The first-order valence-corrected chi connectivity index (χ1v) is 9.11. The average molecular weight is 396 g/mol. The van der Waals surface area contributed by atoms with Crippen LogP contribution in [0, 0.1) is 11.7 Å². The maximum atomic E-state index is 13.3. The molecule has 2 aromatic carbocycles. The number of amides is 2. The number of esters is 1. The van der Waals surface area contributed by atoms with Crippen molar-refractivity contribution in [2.45, 2.75) is 19.9 Å². The van der Waals surface area contributed by atoms with Crippen molar-refractivity contribution in [3.05, 3.63) is 77.2 Å². The molecule has 3 rings (SSSR count). The van der Waals surface area contributed by atoms with E-state index in [9.17, 15) is 18.8 Å². The monoisotopic (exact) mass is 396 g/mol. The molecule has 0 radical (unpaired) electrons. The summed E-state index contributed by atoms with van der Waals surface area (Å²) in [5.41, 5.74) is 1.72.